The maximum Gasteiger partial charge on any atom is 0.407 e. The third kappa shape index (κ3) is 5.18. The molecule has 0 spiro atoms. The lowest BCUT2D eigenvalue weighted by Crippen LogP contribution is -2.40. The maximum atomic E-state index is 13.7. The van der Waals surface area contributed by atoms with Crippen LogP contribution in [-0.2, 0) is 6.54 Å². The van der Waals surface area contributed by atoms with Crippen molar-refractivity contribution >= 4 is 17.8 Å². The Morgan fingerprint density at radius 3 is 2.68 bits per heavy atom. The molecule has 2 heterocycles. The van der Waals surface area contributed by atoms with E-state index in [1.54, 1.807) is 30.3 Å². The van der Waals surface area contributed by atoms with Crippen molar-refractivity contribution < 1.29 is 19.1 Å². The zero-order chi connectivity index (χ0) is 19.9. The number of carbonyl (C=O) groups excluding carboxylic acids is 1. The number of rotatable bonds is 6. The average molecular weight is 386 g/mol. The standard InChI is InChI=1S/C20H23FN4O3/c21-17-4-2-1-3-16(17)13-23-18-11-15(5-8-22-18)19(26)24-12-14-6-9-25(10-7-14)20(27)28/h1-5,8,11,14H,6-7,9-10,12-13H2,(H,22,23)(H,24,26)(H,27,28). The monoisotopic (exact) mass is 386 g/mol. The molecule has 0 saturated carbocycles. The van der Waals surface area contributed by atoms with Crippen molar-refractivity contribution in [2.45, 2.75) is 19.4 Å². The first kappa shape index (κ1) is 19.6. The highest BCUT2D eigenvalue weighted by Gasteiger charge is 2.22. The van der Waals surface area contributed by atoms with Crippen LogP contribution in [0.2, 0.25) is 0 Å². The summed E-state index contributed by atoms with van der Waals surface area (Å²) in [7, 11) is 0. The third-order valence-electron chi connectivity index (χ3n) is 4.88. The highest BCUT2D eigenvalue weighted by Crippen LogP contribution is 2.17. The van der Waals surface area contributed by atoms with E-state index in [1.165, 1.54) is 17.2 Å². The summed E-state index contributed by atoms with van der Waals surface area (Å²) in [5, 5.41) is 14.9. The first-order valence-electron chi connectivity index (χ1n) is 9.22. The van der Waals surface area contributed by atoms with Crippen LogP contribution in [0.1, 0.15) is 28.8 Å². The second-order valence-corrected chi connectivity index (χ2v) is 6.80. The number of pyridine rings is 1. The van der Waals surface area contributed by atoms with Crippen LogP contribution >= 0.6 is 0 Å². The number of benzene rings is 1. The number of aromatic nitrogens is 1. The van der Waals surface area contributed by atoms with Crippen molar-refractivity contribution in [1.29, 1.82) is 0 Å². The minimum Gasteiger partial charge on any atom is -0.465 e. The molecule has 7 nitrogen and oxygen atoms in total. The van der Waals surface area contributed by atoms with Crippen molar-refractivity contribution in [2.24, 2.45) is 5.92 Å². The van der Waals surface area contributed by atoms with Gasteiger partial charge < -0.3 is 20.6 Å². The molecule has 2 aromatic rings. The summed E-state index contributed by atoms with van der Waals surface area (Å²) in [5.41, 5.74) is 0.987. The summed E-state index contributed by atoms with van der Waals surface area (Å²) in [6.45, 7) is 1.77. The molecular formula is C20H23FN4O3. The van der Waals surface area contributed by atoms with E-state index < -0.39 is 6.09 Å². The van der Waals surface area contributed by atoms with Crippen molar-refractivity contribution in [3.63, 3.8) is 0 Å². The molecule has 2 amide bonds. The molecular weight excluding hydrogens is 363 g/mol. The molecule has 1 aliphatic heterocycles. The zero-order valence-electron chi connectivity index (χ0n) is 15.4. The lowest BCUT2D eigenvalue weighted by molar-refractivity contribution is 0.0928. The largest absolute Gasteiger partial charge is 0.465 e. The van der Waals surface area contributed by atoms with Crippen LogP contribution in [0.3, 0.4) is 0 Å². The van der Waals surface area contributed by atoms with Gasteiger partial charge in [-0.2, -0.15) is 0 Å². The van der Waals surface area contributed by atoms with Crippen LogP contribution in [0, 0.1) is 11.7 Å². The first-order chi connectivity index (χ1) is 13.5. The van der Waals surface area contributed by atoms with Crippen LogP contribution in [0.5, 0.6) is 0 Å². The van der Waals surface area contributed by atoms with Crippen molar-refractivity contribution in [1.82, 2.24) is 15.2 Å². The van der Waals surface area contributed by atoms with Gasteiger partial charge in [0.25, 0.3) is 5.91 Å². The van der Waals surface area contributed by atoms with Gasteiger partial charge in [-0.3, -0.25) is 4.79 Å². The smallest absolute Gasteiger partial charge is 0.407 e. The fourth-order valence-electron chi connectivity index (χ4n) is 3.16. The number of hydrogen-bond donors (Lipinski definition) is 3. The molecule has 1 aromatic carbocycles. The molecule has 1 aromatic heterocycles. The van der Waals surface area contributed by atoms with Crippen LogP contribution in [-0.4, -0.2) is 46.6 Å². The summed E-state index contributed by atoms with van der Waals surface area (Å²) in [6, 6.07) is 9.73. The van der Waals surface area contributed by atoms with Gasteiger partial charge in [0.2, 0.25) is 0 Å². The van der Waals surface area contributed by atoms with Gasteiger partial charge in [-0.05, 0) is 37.0 Å². The summed E-state index contributed by atoms with van der Waals surface area (Å²) < 4.78 is 13.7. The molecule has 8 heteroatoms. The summed E-state index contributed by atoms with van der Waals surface area (Å²) >= 11 is 0. The van der Waals surface area contributed by atoms with E-state index in [0.717, 1.165) is 12.8 Å². The van der Waals surface area contributed by atoms with Gasteiger partial charge in [0, 0.05) is 43.5 Å². The minimum absolute atomic E-state index is 0.211. The predicted molar refractivity (Wildman–Crippen MR) is 103 cm³/mol. The molecule has 28 heavy (non-hydrogen) atoms. The number of likely N-dealkylation sites (tertiary alicyclic amines) is 1. The van der Waals surface area contributed by atoms with Crippen molar-refractivity contribution in [3.05, 3.63) is 59.5 Å². The van der Waals surface area contributed by atoms with E-state index in [9.17, 15) is 14.0 Å². The normalized spacial score (nSPS) is 14.5. The maximum absolute atomic E-state index is 13.7. The number of nitrogens with one attached hydrogen (secondary N) is 2. The Hall–Kier alpha value is -3.16. The van der Waals surface area contributed by atoms with Crippen LogP contribution < -0.4 is 10.6 Å². The molecule has 0 radical (unpaired) electrons. The quantitative estimate of drug-likeness (QED) is 0.710. The molecule has 3 rings (SSSR count). The summed E-state index contributed by atoms with van der Waals surface area (Å²) in [5.74, 6) is 0.251. The Balaban J connectivity index is 1.50. The molecule has 1 fully saturated rings. The SMILES string of the molecule is O=C(NCC1CCN(C(=O)O)CC1)c1ccnc(NCc2ccccc2F)c1. The van der Waals surface area contributed by atoms with Gasteiger partial charge in [-0.1, -0.05) is 18.2 Å². The van der Waals surface area contributed by atoms with Crippen LogP contribution in [0.25, 0.3) is 0 Å². The number of halogens is 1. The van der Waals surface area contributed by atoms with Gasteiger partial charge >= 0.3 is 6.09 Å². The van der Waals surface area contributed by atoms with E-state index in [1.807, 2.05) is 0 Å². The van der Waals surface area contributed by atoms with E-state index in [4.69, 9.17) is 5.11 Å². The van der Waals surface area contributed by atoms with E-state index >= 15 is 0 Å². The van der Waals surface area contributed by atoms with Gasteiger partial charge in [-0.15, -0.1) is 0 Å². The Labute approximate surface area is 162 Å². The van der Waals surface area contributed by atoms with Gasteiger partial charge in [-0.25, -0.2) is 14.2 Å². The number of carboxylic acid groups (broad SMARTS) is 1. The highest BCUT2D eigenvalue weighted by molar-refractivity contribution is 5.94. The highest BCUT2D eigenvalue weighted by atomic mass is 19.1. The number of hydrogen-bond acceptors (Lipinski definition) is 4. The number of anilines is 1. The van der Waals surface area contributed by atoms with Gasteiger partial charge in [0.15, 0.2) is 0 Å². The summed E-state index contributed by atoms with van der Waals surface area (Å²) in [4.78, 5) is 28.9. The molecule has 3 N–H and O–H groups in total. The lowest BCUT2D eigenvalue weighted by Gasteiger charge is -2.29. The lowest BCUT2D eigenvalue weighted by atomic mass is 9.97. The number of amides is 2. The Kier molecular flexibility index (Phi) is 6.41. The minimum atomic E-state index is -0.894. The van der Waals surface area contributed by atoms with E-state index in [2.05, 4.69) is 15.6 Å². The Morgan fingerprint density at radius 1 is 1.21 bits per heavy atom. The van der Waals surface area contributed by atoms with Gasteiger partial charge in [0.1, 0.15) is 11.6 Å². The van der Waals surface area contributed by atoms with E-state index in [-0.39, 0.29) is 24.2 Å². The molecule has 0 bridgehead atoms. The van der Waals surface area contributed by atoms with Crippen LogP contribution in [0.15, 0.2) is 42.6 Å². The molecule has 0 atom stereocenters. The first-order valence-corrected chi connectivity index (χ1v) is 9.22. The average Bonchev–Trinajstić information content (AvgIpc) is 2.72. The Morgan fingerprint density at radius 2 is 1.96 bits per heavy atom. The second-order valence-electron chi connectivity index (χ2n) is 6.80. The van der Waals surface area contributed by atoms with Crippen molar-refractivity contribution in [2.75, 3.05) is 25.0 Å². The van der Waals surface area contributed by atoms with Gasteiger partial charge in [0.05, 0.1) is 0 Å². The topological polar surface area (TPSA) is 94.6 Å². The molecule has 1 aliphatic rings. The molecule has 1 saturated heterocycles. The fourth-order valence-corrected chi connectivity index (χ4v) is 3.16. The molecule has 0 aliphatic carbocycles. The van der Waals surface area contributed by atoms with Crippen LogP contribution in [0.4, 0.5) is 15.0 Å². The van der Waals surface area contributed by atoms with E-state index in [0.29, 0.717) is 36.6 Å². The molecule has 148 valence electrons. The number of carbonyl (C=O) groups is 2. The second kappa shape index (κ2) is 9.16. The zero-order valence-corrected chi connectivity index (χ0v) is 15.4. The summed E-state index contributed by atoms with van der Waals surface area (Å²) in [6.07, 6.45) is 2.11. The number of nitrogens with zero attached hydrogens (tertiary/aromatic N) is 2. The van der Waals surface area contributed by atoms with Crippen molar-refractivity contribution in [3.8, 4) is 0 Å². The molecule has 0 unspecified atom stereocenters. The predicted octanol–water partition coefficient (Wildman–Crippen LogP) is 2.95. The fraction of sp³-hybridized carbons (Fsp3) is 0.350. The Bertz CT molecular complexity index is 838. The third-order valence-corrected chi connectivity index (χ3v) is 4.88. The number of piperidine rings is 1.